The number of hydrogen-bond acceptors (Lipinski definition) is 1. The monoisotopic (exact) mass is 198 g/mol. The zero-order valence-corrected chi connectivity index (χ0v) is 9.17. The van der Waals surface area contributed by atoms with E-state index in [2.05, 4.69) is 6.92 Å². The predicted molar refractivity (Wildman–Crippen MR) is 59.4 cm³/mol. The first-order chi connectivity index (χ1) is 6.77. The Balaban J connectivity index is 0.000000280. The van der Waals surface area contributed by atoms with E-state index in [1.807, 2.05) is 0 Å². The van der Waals surface area contributed by atoms with Gasteiger partial charge in [-0.15, -0.1) is 0 Å². The number of carboxylic acids is 1. The van der Waals surface area contributed by atoms with Crippen LogP contribution in [0, 0.1) is 0 Å². The Hall–Kier alpha value is -0.790. The summed E-state index contributed by atoms with van der Waals surface area (Å²) >= 11 is 0. The molecule has 0 aromatic heterocycles. The number of carbonyl (C=O) groups is 1. The molecule has 1 aliphatic rings. The summed E-state index contributed by atoms with van der Waals surface area (Å²) in [4.78, 5) is 9.88. The van der Waals surface area contributed by atoms with E-state index in [0.717, 1.165) is 19.3 Å². The summed E-state index contributed by atoms with van der Waals surface area (Å²) in [6, 6.07) is 0. The number of carboxylic acid groups (broad SMARTS) is 1. The summed E-state index contributed by atoms with van der Waals surface area (Å²) < 4.78 is 0. The molecule has 0 saturated heterocycles. The number of allylic oxidation sites excluding steroid dienone is 1. The van der Waals surface area contributed by atoms with E-state index in [-0.39, 0.29) is 0 Å². The van der Waals surface area contributed by atoms with E-state index in [1.165, 1.54) is 38.2 Å². The molecule has 0 radical (unpaired) electrons. The van der Waals surface area contributed by atoms with Crippen molar-refractivity contribution in [2.24, 2.45) is 0 Å². The molecule has 1 rings (SSSR count). The predicted octanol–water partition coefficient (Wildman–Crippen LogP) is 3.77. The maximum atomic E-state index is 9.88. The molecule has 2 nitrogen and oxygen atoms in total. The van der Waals surface area contributed by atoms with Crippen molar-refractivity contribution in [1.82, 2.24) is 0 Å². The first-order valence-corrected chi connectivity index (χ1v) is 5.67. The van der Waals surface area contributed by atoms with Gasteiger partial charge in [0, 0.05) is 6.08 Å². The van der Waals surface area contributed by atoms with Crippen LogP contribution in [0.15, 0.2) is 12.2 Å². The van der Waals surface area contributed by atoms with Crippen molar-refractivity contribution in [3.8, 4) is 0 Å². The van der Waals surface area contributed by atoms with Crippen molar-refractivity contribution in [2.45, 2.75) is 58.3 Å². The Bertz CT molecular complexity index is 150. The van der Waals surface area contributed by atoms with Gasteiger partial charge in [0.2, 0.25) is 0 Å². The maximum absolute atomic E-state index is 9.88. The third-order valence-corrected chi connectivity index (χ3v) is 2.23. The van der Waals surface area contributed by atoms with E-state index in [0.29, 0.717) is 0 Å². The average molecular weight is 198 g/mol. The number of unbranched alkanes of at least 4 members (excludes halogenated alkanes) is 2. The van der Waals surface area contributed by atoms with E-state index < -0.39 is 5.97 Å². The van der Waals surface area contributed by atoms with Gasteiger partial charge in [0.05, 0.1) is 0 Å². The lowest BCUT2D eigenvalue weighted by atomic mass is 10.2. The SMILES string of the molecule is C1CCCC1.CCCC/C=C/C(=O)O. The second-order valence-corrected chi connectivity index (χ2v) is 3.65. The fourth-order valence-electron chi connectivity index (χ4n) is 1.39. The molecule has 2 heteroatoms. The standard InChI is InChI=1S/C7H12O2.C5H10/c1-2-3-4-5-6-7(8)9;1-2-4-5-3-1/h5-6H,2-4H2,1H3,(H,8,9);1-5H2/b6-5+;. The third kappa shape index (κ3) is 11.2. The molecule has 14 heavy (non-hydrogen) atoms. The smallest absolute Gasteiger partial charge is 0.327 e. The van der Waals surface area contributed by atoms with E-state index in [9.17, 15) is 4.79 Å². The second-order valence-electron chi connectivity index (χ2n) is 3.65. The lowest BCUT2D eigenvalue weighted by molar-refractivity contribution is -0.131. The molecular formula is C12H22O2. The number of rotatable bonds is 4. The quantitative estimate of drug-likeness (QED) is 0.551. The van der Waals surface area contributed by atoms with E-state index in [4.69, 9.17) is 5.11 Å². The Morgan fingerprint density at radius 1 is 1.21 bits per heavy atom. The van der Waals surface area contributed by atoms with Crippen molar-refractivity contribution in [3.63, 3.8) is 0 Å². The van der Waals surface area contributed by atoms with Crippen molar-refractivity contribution in [3.05, 3.63) is 12.2 Å². The minimum Gasteiger partial charge on any atom is -0.478 e. The maximum Gasteiger partial charge on any atom is 0.327 e. The van der Waals surface area contributed by atoms with Crippen LogP contribution in [-0.4, -0.2) is 11.1 Å². The van der Waals surface area contributed by atoms with Crippen LogP contribution >= 0.6 is 0 Å². The first-order valence-electron chi connectivity index (χ1n) is 5.67. The van der Waals surface area contributed by atoms with Gasteiger partial charge in [-0.3, -0.25) is 0 Å². The van der Waals surface area contributed by atoms with Crippen LogP contribution in [0.2, 0.25) is 0 Å². The minimum absolute atomic E-state index is 0.855. The van der Waals surface area contributed by atoms with Gasteiger partial charge in [-0.25, -0.2) is 4.79 Å². The van der Waals surface area contributed by atoms with Crippen LogP contribution in [0.5, 0.6) is 0 Å². The molecular weight excluding hydrogens is 176 g/mol. The molecule has 0 amide bonds. The van der Waals surface area contributed by atoms with Crippen LogP contribution in [-0.2, 0) is 4.79 Å². The molecule has 0 atom stereocenters. The van der Waals surface area contributed by atoms with Gasteiger partial charge in [0.25, 0.3) is 0 Å². The highest BCUT2D eigenvalue weighted by Gasteiger charge is 1.95. The molecule has 1 saturated carbocycles. The molecule has 0 aromatic rings. The molecule has 0 bridgehead atoms. The molecule has 0 aromatic carbocycles. The lowest BCUT2D eigenvalue weighted by Gasteiger charge is -1.85. The van der Waals surface area contributed by atoms with Gasteiger partial charge >= 0.3 is 5.97 Å². The molecule has 1 fully saturated rings. The summed E-state index contributed by atoms with van der Waals surface area (Å²) in [5, 5.41) is 8.13. The molecule has 1 aliphatic carbocycles. The van der Waals surface area contributed by atoms with E-state index in [1.54, 1.807) is 6.08 Å². The van der Waals surface area contributed by atoms with Gasteiger partial charge in [-0.05, 0) is 6.42 Å². The molecule has 82 valence electrons. The average Bonchev–Trinajstić information content (AvgIpc) is 2.70. The largest absolute Gasteiger partial charge is 0.478 e. The molecule has 1 N–H and O–H groups in total. The minimum atomic E-state index is -0.855. The van der Waals surface area contributed by atoms with E-state index >= 15 is 0 Å². The van der Waals surface area contributed by atoms with Crippen LogP contribution in [0.4, 0.5) is 0 Å². The Labute approximate surface area is 87.0 Å². The Morgan fingerprint density at radius 2 is 1.71 bits per heavy atom. The summed E-state index contributed by atoms with van der Waals surface area (Å²) in [5.41, 5.74) is 0. The van der Waals surface area contributed by atoms with Crippen molar-refractivity contribution in [2.75, 3.05) is 0 Å². The molecule has 0 heterocycles. The fourth-order valence-corrected chi connectivity index (χ4v) is 1.39. The van der Waals surface area contributed by atoms with Crippen LogP contribution < -0.4 is 0 Å². The van der Waals surface area contributed by atoms with Gasteiger partial charge in [-0.1, -0.05) is 57.9 Å². The summed E-state index contributed by atoms with van der Waals surface area (Å²) in [7, 11) is 0. The summed E-state index contributed by atoms with van der Waals surface area (Å²) in [5.74, 6) is -0.855. The van der Waals surface area contributed by atoms with Gasteiger partial charge < -0.3 is 5.11 Å². The number of aliphatic carboxylic acids is 1. The summed E-state index contributed by atoms with van der Waals surface area (Å²) in [6.45, 7) is 2.08. The topological polar surface area (TPSA) is 37.3 Å². The summed E-state index contributed by atoms with van der Waals surface area (Å²) in [6.07, 6.45) is 13.4. The van der Waals surface area contributed by atoms with Crippen molar-refractivity contribution >= 4 is 5.97 Å². The molecule has 0 spiro atoms. The first kappa shape index (κ1) is 13.2. The van der Waals surface area contributed by atoms with Crippen molar-refractivity contribution in [1.29, 1.82) is 0 Å². The lowest BCUT2D eigenvalue weighted by Crippen LogP contribution is -1.85. The fraction of sp³-hybridized carbons (Fsp3) is 0.750. The Morgan fingerprint density at radius 3 is 2.07 bits per heavy atom. The Kier molecular flexibility index (Phi) is 9.71. The third-order valence-electron chi connectivity index (χ3n) is 2.23. The van der Waals surface area contributed by atoms with Gasteiger partial charge in [0.15, 0.2) is 0 Å². The van der Waals surface area contributed by atoms with Crippen LogP contribution in [0.1, 0.15) is 58.3 Å². The highest BCUT2D eigenvalue weighted by Crippen LogP contribution is 2.15. The second kappa shape index (κ2) is 10.3. The highest BCUT2D eigenvalue weighted by molar-refractivity contribution is 5.79. The number of hydrogen-bond donors (Lipinski definition) is 1. The van der Waals surface area contributed by atoms with Crippen molar-refractivity contribution < 1.29 is 9.90 Å². The highest BCUT2D eigenvalue weighted by atomic mass is 16.4. The normalized spacial score (nSPS) is 15.2. The van der Waals surface area contributed by atoms with Crippen LogP contribution in [0.3, 0.4) is 0 Å². The molecule has 0 unspecified atom stereocenters. The zero-order chi connectivity index (χ0) is 10.6. The zero-order valence-electron chi connectivity index (χ0n) is 9.17. The molecule has 0 aliphatic heterocycles. The van der Waals surface area contributed by atoms with Crippen LogP contribution in [0.25, 0.3) is 0 Å². The van der Waals surface area contributed by atoms with Gasteiger partial charge in [0.1, 0.15) is 0 Å². The van der Waals surface area contributed by atoms with Gasteiger partial charge in [-0.2, -0.15) is 0 Å².